The minimum absolute atomic E-state index is 0.0304. The molecule has 1 aliphatic rings. The highest BCUT2D eigenvalue weighted by molar-refractivity contribution is 5.81. The molecule has 0 unspecified atom stereocenters. The third kappa shape index (κ3) is 19.3. The lowest BCUT2D eigenvalue weighted by Gasteiger charge is -2.33. The van der Waals surface area contributed by atoms with Gasteiger partial charge in [-0.05, 0) is 13.1 Å². The Bertz CT molecular complexity index is 814. The average Bonchev–Trinajstić information content (AvgIpc) is 3.03. The van der Waals surface area contributed by atoms with Crippen LogP contribution in [0, 0.1) is 5.41 Å². The molecule has 44 heavy (non-hydrogen) atoms. The Balaban J connectivity index is 2.67. The number of carbonyl (C=O) groups is 3. The summed E-state index contributed by atoms with van der Waals surface area (Å²) >= 11 is 0. The minimum atomic E-state index is -0.814. The van der Waals surface area contributed by atoms with Crippen LogP contribution in [-0.2, 0) is 52.3 Å². The van der Waals surface area contributed by atoms with Gasteiger partial charge in [0.05, 0.1) is 64.7 Å². The van der Waals surface area contributed by atoms with Crippen LogP contribution >= 0.6 is 0 Å². The third-order valence-electron chi connectivity index (χ3n) is 6.37. The zero-order valence-electron chi connectivity index (χ0n) is 26.2. The molecule has 250 valence electrons. The summed E-state index contributed by atoms with van der Waals surface area (Å²) in [6, 6.07) is 0. The molecule has 0 bridgehead atoms. The maximum Gasteiger partial charge on any atom is 0.330 e. The SMILES string of the molecule is C=CC(=C)OCCOCC(COCCOC(=O)C=C)(COCCOC(=O)C=C)COCCOC(=O)CCN1CCN(C)CC1. The standard InChI is InChI=1S/C31H50N2O11/c1-6-27(4)41-19-15-37-23-31(24-38-16-20-42-28(34)7-2,25-39-17-21-43-29(35)8-3)26-40-18-22-44-30(36)9-10-33-13-11-32(5)12-14-33/h6-8H,1-4,9-26H2,5H3. The summed E-state index contributed by atoms with van der Waals surface area (Å²) in [7, 11) is 2.09. The molecule has 13 heteroatoms. The first-order chi connectivity index (χ1) is 21.2. The smallest absolute Gasteiger partial charge is 0.330 e. The molecule has 0 saturated carbocycles. The van der Waals surface area contributed by atoms with Crippen molar-refractivity contribution in [2.75, 3.05) is 119 Å². The highest BCUT2D eigenvalue weighted by Crippen LogP contribution is 2.21. The molecule has 1 heterocycles. The molecule has 0 N–H and O–H groups in total. The van der Waals surface area contributed by atoms with E-state index in [0.717, 1.165) is 38.3 Å². The molecule has 0 spiro atoms. The van der Waals surface area contributed by atoms with Gasteiger partial charge in [-0.15, -0.1) is 0 Å². The largest absolute Gasteiger partial charge is 0.492 e. The molecule has 0 aromatic carbocycles. The van der Waals surface area contributed by atoms with Crippen molar-refractivity contribution < 1.29 is 52.3 Å². The van der Waals surface area contributed by atoms with Crippen molar-refractivity contribution in [1.82, 2.24) is 9.80 Å². The van der Waals surface area contributed by atoms with E-state index >= 15 is 0 Å². The van der Waals surface area contributed by atoms with E-state index in [9.17, 15) is 14.4 Å². The van der Waals surface area contributed by atoms with E-state index in [4.69, 9.17) is 37.9 Å². The molecule has 1 saturated heterocycles. The van der Waals surface area contributed by atoms with E-state index < -0.39 is 17.4 Å². The number of likely N-dealkylation sites (N-methyl/N-ethyl adjacent to an activating group) is 1. The topological polar surface area (TPSA) is 132 Å². The van der Waals surface area contributed by atoms with Gasteiger partial charge in [0.25, 0.3) is 0 Å². The molecular weight excluding hydrogens is 576 g/mol. The van der Waals surface area contributed by atoms with Crippen molar-refractivity contribution >= 4 is 17.9 Å². The number of ether oxygens (including phenoxy) is 8. The van der Waals surface area contributed by atoms with Crippen LogP contribution in [0.25, 0.3) is 0 Å². The summed E-state index contributed by atoms with van der Waals surface area (Å²) in [6.45, 7) is 20.1. The van der Waals surface area contributed by atoms with Gasteiger partial charge in [-0.25, -0.2) is 9.59 Å². The van der Waals surface area contributed by atoms with Crippen LogP contribution in [0.3, 0.4) is 0 Å². The van der Waals surface area contributed by atoms with Gasteiger partial charge >= 0.3 is 17.9 Å². The fraction of sp³-hybridized carbons (Fsp3) is 0.645. The summed E-state index contributed by atoms with van der Waals surface area (Å²) in [5.74, 6) is -0.958. The van der Waals surface area contributed by atoms with E-state index in [0.29, 0.717) is 18.7 Å². The van der Waals surface area contributed by atoms with Gasteiger partial charge in [0.15, 0.2) is 0 Å². The van der Waals surface area contributed by atoms with Crippen molar-refractivity contribution in [3.63, 3.8) is 0 Å². The molecule has 1 rings (SSSR count). The predicted octanol–water partition coefficient (Wildman–Crippen LogP) is 1.39. The number of hydrogen-bond donors (Lipinski definition) is 0. The normalized spacial score (nSPS) is 13.9. The van der Waals surface area contributed by atoms with E-state index in [1.54, 1.807) is 0 Å². The first-order valence-electron chi connectivity index (χ1n) is 14.6. The van der Waals surface area contributed by atoms with E-state index in [2.05, 4.69) is 43.2 Å². The van der Waals surface area contributed by atoms with Crippen LogP contribution in [-0.4, -0.2) is 147 Å². The number of nitrogens with zero attached hydrogens (tertiary/aromatic N) is 2. The minimum Gasteiger partial charge on any atom is -0.492 e. The molecule has 1 fully saturated rings. The number of piperazine rings is 1. The zero-order valence-corrected chi connectivity index (χ0v) is 26.2. The Hall–Kier alpha value is -3.07. The summed E-state index contributed by atoms with van der Waals surface area (Å²) in [5, 5.41) is 0. The molecule has 0 aliphatic carbocycles. The van der Waals surface area contributed by atoms with Gasteiger partial charge in [-0.1, -0.05) is 26.3 Å². The zero-order chi connectivity index (χ0) is 32.5. The monoisotopic (exact) mass is 626 g/mol. The molecule has 0 aromatic rings. The molecule has 0 amide bonds. The van der Waals surface area contributed by atoms with Crippen molar-refractivity contribution in [3.05, 3.63) is 50.3 Å². The lowest BCUT2D eigenvalue weighted by atomic mass is 9.92. The molecule has 1 aliphatic heterocycles. The van der Waals surface area contributed by atoms with Gasteiger partial charge in [-0.3, -0.25) is 4.79 Å². The van der Waals surface area contributed by atoms with Gasteiger partial charge in [-0.2, -0.15) is 0 Å². The molecule has 0 aromatic heterocycles. The van der Waals surface area contributed by atoms with Crippen LogP contribution in [0.4, 0.5) is 0 Å². The van der Waals surface area contributed by atoms with Crippen molar-refractivity contribution in [2.45, 2.75) is 6.42 Å². The second-order valence-electron chi connectivity index (χ2n) is 10.1. The number of esters is 3. The van der Waals surface area contributed by atoms with Crippen molar-refractivity contribution in [3.8, 4) is 0 Å². The van der Waals surface area contributed by atoms with Gasteiger partial charge in [0.1, 0.15) is 32.2 Å². The second-order valence-corrected chi connectivity index (χ2v) is 10.1. The fourth-order valence-corrected chi connectivity index (χ4v) is 3.82. The number of carbonyl (C=O) groups excluding carboxylic acids is 3. The summed E-state index contributed by atoms with van der Waals surface area (Å²) in [5.41, 5.74) is -0.814. The van der Waals surface area contributed by atoms with Crippen LogP contribution in [0.5, 0.6) is 0 Å². The number of rotatable bonds is 27. The van der Waals surface area contributed by atoms with Crippen LogP contribution in [0.2, 0.25) is 0 Å². The van der Waals surface area contributed by atoms with E-state index in [1.165, 1.54) is 6.08 Å². The third-order valence-corrected chi connectivity index (χ3v) is 6.37. The predicted molar refractivity (Wildman–Crippen MR) is 163 cm³/mol. The van der Waals surface area contributed by atoms with Gasteiger partial charge in [0.2, 0.25) is 0 Å². The highest BCUT2D eigenvalue weighted by Gasteiger charge is 2.33. The molecule has 0 radical (unpaired) electrons. The Labute approximate surface area is 261 Å². The summed E-state index contributed by atoms with van der Waals surface area (Å²) in [6.07, 6.45) is 3.95. The Kier molecular flexibility index (Phi) is 21.5. The molecular formula is C31H50N2O11. The lowest BCUT2D eigenvalue weighted by molar-refractivity contribution is -0.148. The Morgan fingerprint density at radius 2 is 1.07 bits per heavy atom. The van der Waals surface area contributed by atoms with Crippen molar-refractivity contribution in [2.24, 2.45) is 5.41 Å². The average molecular weight is 627 g/mol. The first kappa shape index (κ1) is 39.0. The summed E-state index contributed by atoms with van der Waals surface area (Å²) in [4.78, 5) is 39.4. The van der Waals surface area contributed by atoms with Gasteiger partial charge < -0.3 is 47.7 Å². The maximum absolute atomic E-state index is 12.2. The van der Waals surface area contributed by atoms with Crippen LogP contribution in [0.15, 0.2) is 50.3 Å². The Morgan fingerprint density at radius 1 is 0.636 bits per heavy atom. The van der Waals surface area contributed by atoms with Crippen LogP contribution in [0.1, 0.15) is 6.42 Å². The first-order valence-corrected chi connectivity index (χ1v) is 14.6. The maximum atomic E-state index is 12.2. The number of hydrogen-bond acceptors (Lipinski definition) is 13. The fourth-order valence-electron chi connectivity index (χ4n) is 3.82. The van der Waals surface area contributed by atoms with E-state index in [-0.39, 0.29) is 85.3 Å². The number of allylic oxidation sites excluding steroid dienone is 1. The second kappa shape index (κ2) is 24.3. The summed E-state index contributed by atoms with van der Waals surface area (Å²) < 4.78 is 44.1. The van der Waals surface area contributed by atoms with Crippen molar-refractivity contribution in [1.29, 1.82) is 0 Å². The highest BCUT2D eigenvalue weighted by atomic mass is 16.6. The molecule has 0 atom stereocenters. The van der Waals surface area contributed by atoms with Crippen LogP contribution < -0.4 is 0 Å². The quantitative estimate of drug-likeness (QED) is 0.0325. The Morgan fingerprint density at radius 3 is 1.50 bits per heavy atom. The lowest BCUT2D eigenvalue weighted by Crippen LogP contribution is -2.45. The molecule has 13 nitrogen and oxygen atoms in total. The van der Waals surface area contributed by atoms with E-state index in [1.807, 2.05) is 0 Å². The van der Waals surface area contributed by atoms with Gasteiger partial charge in [0, 0.05) is 44.9 Å².